The molecule has 0 amide bonds. The van der Waals surface area contributed by atoms with Gasteiger partial charge in [0.15, 0.2) is 8.32 Å². The van der Waals surface area contributed by atoms with Gasteiger partial charge in [0, 0.05) is 12.7 Å². The molecule has 0 bridgehead atoms. The molecular weight excluding hydrogens is 290 g/mol. The minimum atomic E-state index is -1.57. The van der Waals surface area contributed by atoms with E-state index >= 15 is 0 Å². The van der Waals surface area contributed by atoms with Crippen molar-refractivity contribution in [3.05, 3.63) is 12.2 Å². The number of unbranched alkanes of at least 4 members (excludes halogenated alkanes) is 5. The molecule has 1 N–H and O–H groups in total. The Morgan fingerprint density at radius 3 is 2.18 bits per heavy atom. The third kappa shape index (κ3) is 10.2. The van der Waals surface area contributed by atoms with E-state index in [1.807, 2.05) is 6.07 Å². The van der Waals surface area contributed by atoms with Crippen LogP contribution in [0.5, 0.6) is 0 Å². The van der Waals surface area contributed by atoms with E-state index in [1.54, 1.807) is 6.08 Å². The third-order valence-electron chi connectivity index (χ3n) is 4.56. The van der Waals surface area contributed by atoms with Crippen molar-refractivity contribution in [2.75, 3.05) is 6.61 Å². The summed E-state index contributed by atoms with van der Waals surface area (Å²) in [6.45, 7) is 12.3. The molecule has 1 atom stereocenters. The minimum absolute atomic E-state index is 0.299. The second-order valence-corrected chi connectivity index (χ2v) is 12.4. The Bertz CT molecular complexity index is 353. The first-order valence-electron chi connectivity index (χ1n) is 8.59. The monoisotopic (exact) mass is 325 g/mol. The fraction of sp³-hybridized carbons (Fsp3) is 0.833. The Balaban J connectivity index is 3.49. The molecule has 0 radical (unpaired) electrons. The van der Waals surface area contributed by atoms with Gasteiger partial charge in [-0.05, 0) is 37.0 Å². The van der Waals surface area contributed by atoms with Crippen LogP contribution in [0.15, 0.2) is 12.2 Å². The molecule has 3 nitrogen and oxygen atoms in total. The van der Waals surface area contributed by atoms with Gasteiger partial charge in [-0.3, -0.25) is 0 Å². The highest BCUT2D eigenvalue weighted by Crippen LogP contribution is 2.36. The minimum Gasteiger partial charge on any atom is -0.417 e. The zero-order chi connectivity index (χ0) is 17.1. The summed E-state index contributed by atoms with van der Waals surface area (Å²) in [5.74, 6) is 0. The van der Waals surface area contributed by atoms with Crippen molar-refractivity contribution in [2.45, 2.75) is 90.0 Å². The lowest BCUT2D eigenvalue weighted by Crippen LogP contribution is -2.40. The quantitative estimate of drug-likeness (QED) is 0.323. The normalized spacial score (nSPS) is 14.2. The fourth-order valence-corrected chi connectivity index (χ4v) is 3.04. The number of aliphatic hydroxyl groups is 1. The van der Waals surface area contributed by atoms with Crippen LogP contribution in [-0.4, -0.2) is 26.1 Å². The van der Waals surface area contributed by atoms with Gasteiger partial charge < -0.3 is 9.53 Å². The summed E-state index contributed by atoms with van der Waals surface area (Å²) in [4.78, 5) is 0. The molecule has 0 rings (SSSR count). The number of nitriles is 1. The standard InChI is InChI=1S/C18H35NO2Si/c1-18(2,3)22(4,5)21-16-11-9-7-6-8-10-13-17(20)14-12-15-19/h12,14,17,20H,6-11,13,16H2,1-5H3/b14-12+. The first-order valence-corrected chi connectivity index (χ1v) is 11.5. The van der Waals surface area contributed by atoms with Crippen molar-refractivity contribution in [1.29, 1.82) is 5.26 Å². The predicted molar refractivity (Wildman–Crippen MR) is 96.2 cm³/mol. The summed E-state index contributed by atoms with van der Waals surface area (Å²) in [5, 5.41) is 18.2. The first kappa shape index (κ1) is 21.4. The van der Waals surface area contributed by atoms with Gasteiger partial charge in [-0.15, -0.1) is 0 Å². The molecule has 0 aromatic heterocycles. The molecule has 128 valence electrons. The van der Waals surface area contributed by atoms with Gasteiger partial charge in [-0.1, -0.05) is 52.9 Å². The van der Waals surface area contributed by atoms with Crippen molar-refractivity contribution in [1.82, 2.24) is 0 Å². The summed E-state index contributed by atoms with van der Waals surface area (Å²) in [7, 11) is -1.57. The van der Waals surface area contributed by atoms with Gasteiger partial charge >= 0.3 is 0 Å². The highest BCUT2D eigenvalue weighted by molar-refractivity contribution is 6.74. The van der Waals surface area contributed by atoms with E-state index in [-0.39, 0.29) is 0 Å². The summed E-state index contributed by atoms with van der Waals surface area (Å²) in [6.07, 6.45) is 10.2. The fourth-order valence-electron chi connectivity index (χ4n) is 1.96. The number of aliphatic hydroxyl groups excluding tert-OH is 1. The van der Waals surface area contributed by atoms with Gasteiger partial charge in [0.25, 0.3) is 0 Å². The molecule has 0 aromatic rings. The average Bonchev–Trinajstić information content (AvgIpc) is 2.41. The molecule has 0 spiro atoms. The number of hydrogen-bond donors (Lipinski definition) is 1. The maximum absolute atomic E-state index is 9.54. The van der Waals surface area contributed by atoms with Gasteiger partial charge in [0.2, 0.25) is 0 Å². The van der Waals surface area contributed by atoms with E-state index in [2.05, 4.69) is 33.9 Å². The Hall–Kier alpha value is -0.633. The van der Waals surface area contributed by atoms with Crippen molar-refractivity contribution in [3.63, 3.8) is 0 Å². The molecule has 0 aliphatic rings. The second kappa shape index (κ2) is 11.0. The van der Waals surface area contributed by atoms with E-state index in [4.69, 9.17) is 9.69 Å². The third-order valence-corrected chi connectivity index (χ3v) is 9.09. The Morgan fingerprint density at radius 1 is 1.09 bits per heavy atom. The van der Waals surface area contributed by atoms with Gasteiger partial charge in [0.05, 0.1) is 12.2 Å². The molecule has 1 unspecified atom stereocenters. The zero-order valence-electron chi connectivity index (χ0n) is 15.2. The van der Waals surface area contributed by atoms with Gasteiger partial charge in [0.1, 0.15) is 0 Å². The predicted octanol–water partition coefficient (Wildman–Crippen LogP) is 5.18. The second-order valence-electron chi connectivity index (χ2n) is 7.57. The van der Waals surface area contributed by atoms with Crippen molar-refractivity contribution < 1.29 is 9.53 Å². The Kier molecular flexibility index (Phi) is 10.7. The SMILES string of the molecule is CC(C)(C)[Si](C)(C)OCCCCCCCCC(O)/C=C/C#N. The molecular formula is C18H35NO2Si. The van der Waals surface area contributed by atoms with Crippen LogP contribution in [0, 0.1) is 11.3 Å². The summed E-state index contributed by atoms with van der Waals surface area (Å²) in [5.41, 5.74) is 0. The smallest absolute Gasteiger partial charge is 0.191 e. The molecule has 0 fully saturated rings. The number of allylic oxidation sites excluding steroid dienone is 1. The van der Waals surface area contributed by atoms with Crippen LogP contribution in [-0.2, 0) is 4.43 Å². The van der Waals surface area contributed by atoms with E-state index in [9.17, 15) is 5.11 Å². The van der Waals surface area contributed by atoms with Crippen LogP contribution >= 0.6 is 0 Å². The van der Waals surface area contributed by atoms with Crippen LogP contribution in [0.1, 0.15) is 65.7 Å². The lowest BCUT2D eigenvalue weighted by Gasteiger charge is -2.36. The molecule has 0 heterocycles. The van der Waals surface area contributed by atoms with Crippen LogP contribution in [0.4, 0.5) is 0 Å². The Morgan fingerprint density at radius 2 is 1.64 bits per heavy atom. The maximum Gasteiger partial charge on any atom is 0.191 e. The van der Waals surface area contributed by atoms with E-state index < -0.39 is 14.4 Å². The topological polar surface area (TPSA) is 53.2 Å². The van der Waals surface area contributed by atoms with Crippen molar-refractivity contribution >= 4 is 8.32 Å². The molecule has 0 aromatic carbocycles. The molecule has 0 saturated carbocycles. The highest BCUT2D eigenvalue weighted by atomic mass is 28.4. The zero-order valence-corrected chi connectivity index (χ0v) is 16.2. The maximum atomic E-state index is 9.54. The number of rotatable bonds is 11. The highest BCUT2D eigenvalue weighted by Gasteiger charge is 2.36. The molecule has 0 aliphatic carbocycles. The molecule has 0 saturated heterocycles. The largest absolute Gasteiger partial charge is 0.417 e. The summed E-state index contributed by atoms with van der Waals surface area (Å²) >= 11 is 0. The van der Waals surface area contributed by atoms with E-state index in [1.165, 1.54) is 25.3 Å². The summed E-state index contributed by atoms with van der Waals surface area (Å²) in [6, 6.07) is 1.90. The van der Waals surface area contributed by atoms with E-state index in [0.717, 1.165) is 32.3 Å². The Labute approximate surface area is 138 Å². The first-order chi connectivity index (χ1) is 10.2. The lowest BCUT2D eigenvalue weighted by molar-refractivity contribution is 0.208. The van der Waals surface area contributed by atoms with E-state index in [0.29, 0.717) is 5.04 Å². The molecule has 22 heavy (non-hydrogen) atoms. The van der Waals surface area contributed by atoms with Crippen LogP contribution in [0.25, 0.3) is 0 Å². The van der Waals surface area contributed by atoms with Crippen LogP contribution < -0.4 is 0 Å². The van der Waals surface area contributed by atoms with Crippen molar-refractivity contribution in [3.8, 4) is 6.07 Å². The lowest BCUT2D eigenvalue weighted by atomic mass is 10.1. The average molecular weight is 326 g/mol. The summed E-state index contributed by atoms with van der Waals surface area (Å²) < 4.78 is 6.16. The molecule has 4 heteroatoms. The van der Waals surface area contributed by atoms with Crippen LogP contribution in [0.2, 0.25) is 18.1 Å². The van der Waals surface area contributed by atoms with Gasteiger partial charge in [-0.25, -0.2) is 0 Å². The molecule has 0 aliphatic heterocycles. The number of nitrogens with zero attached hydrogens (tertiary/aromatic N) is 1. The number of hydrogen-bond acceptors (Lipinski definition) is 3. The van der Waals surface area contributed by atoms with Crippen LogP contribution in [0.3, 0.4) is 0 Å². The van der Waals surface area contributed by atoms with Gasteiger partial charge in [-0.2, -0.15) is 5.26 Å². The van der Waals surface area contributed by atoms with Crippen molar-refractivity contribution in [2.24, 2.45) is 0 Å².